The molecule has 2 atom stereocenters. The molecule has 19 heavy (non-hydrogen) atoms. The van der Waals surface area contributed by atoms with Gasteiger partial charge in [0.15, 0.2) is 9.84 Å². The molecule has 1 saturated heterocycles. The number of aliphatic hydroxyl groups is 1. The highest BCUT2D eigenvalue weighted by Crippen LogP contribution is 2.11. The fourth-order valence-corrected chi connectivity index (χ4v) is 3.97. The first-order valence-corrected chi connectivity index (χ1v) is 8.25. The summed E-state index contributed by atoms with van der Waals surface area (Å²) in [5, 5.41) is 15.9. The number of rotatable bonds is 6. The van der Waals surface area contributed by atoms with Gasteiger partial charge in [-0.05, 0) is 5.56 Å². The Labute approximate surface area is 113 Å². The van der Waals surface area contributed by atoms with E-state index >= 15 is 0 Å². The van der Waals surface area contributed by atoms with E-state index in [4.69, 9.17) is 0 Å². The summed E-state index contributed by atoms with van der Waals surface area (Å²) in [6.07, 6.45) is -0.779. The highest BCUT2D eigenvalue weighted by Gasteiger charge is 2.35. The molecular formula is C13H20N2O3S. The molecule has 0 spiro atoms. The molecule has 0 aromatic heterocycles. The summed E-state index contributed by atoms with van der Waals surface area (Å²) in [5.41, 5.74) is 1.21. The number of nitrogens with one attached hydrogen (secondary N) is 2. The standard InChI is InChI=1S/C13H20N2O3S/c16-13-10-19(17,18)9-12(13)15-7-6-14-8-11-4-2-1-3-5-11/h1-5,12-16H,6-10H2/t12-,13+/m1/s1. The van der Waals surface area contributed by atoms with E-state index in [1.54, 1.807) is 0 Å². The van der Waals surface area contributed by atoms with Crippen molar-refractivity contribution in [1.29, 1.82) is 0 Å². The molecule has 1 aromatic rings. The van der Waals surface area contributed by atoms with Gasteiger partial charge >= 0.3 is 0 Å². The minimum absolute atomic E-state index is 0.0346. The third-order valence-electron chi connectivity index (χ3n) is 3.20. The molecule has 0 radical (unpaired) electrons. The molecule has 1 heterocycles. The number of hydrogen-bond donors (Lipinski definition) is 3. The van der Waals surface area contributed by atoms with E-state index in [1.165, 1.54) is 5.56 Å². The van der Waals surface area contributed by atoms with Crippen LogP contribution in [0.2, 0.25) is 0 Å². The van der Waals surface area contributed by atoms with Gasteiger partial charge in [0.2, 0.25) is 0 Å². The van der Waals surface area contributed by atoms with Gasteiger partial charge in [0, 0.05) is 25.7 Å². The Bertz CT molecular complexity index is 490. The second kappa shape index (κ2) is 6.47. The highest BCUT2D eigenvalue weighted by molar-refractivity contribution is 7.91. The van der Waals surface area contributed by atoms with Crippen LogP contribution in [0.1, 0.15) is 5.56 Å². The minimum Gasteiger partial charge on any atom is -0.390 e. The van der Waals surface area contributed by atoms with E-state index in [0.717, 1.165) is 13.1 Å². The first-order valence-electron chi connectivity index (χ1n) is 6.43. The van der Waals surface area contributed by atoms with Gasteiger partial charge in [0.25, 0.3) is 0 Å². The molecule has 6 heteroatoms. The van der Waals surface area contributed by atoms with Gasteiger partial charge in [0.05, 0.1) is 17.6 Å². The van der Waals surface area contributed by atoms with E-state index in [9.17, 15) is 13.5 Å². The molecule has 1 aliphatic heterocycles. The Morgan fingerprint density at radius 2 is 1.89 bits per heavy atom. The molecule has 1 aliphatic rings. The minimum atomic E-state index is -3.06. The van der Waals surface area contributed by atoms with Crippen molar-refractivity contribution in [2.24, 2.45) is 0 Å². The Kier molecular flexibility index (Phi) is 4.93. The second-order valence-electron chi connectivity index (χ2n) is 4.87. The van der Waals surface area contributed by atoms with Crippen LogP contribution in [0.3, 0.4) is 0 Å². The van der Waals surface area contributed by atoms with E-state index < -0.39 is 15.9 Å². The Morgan fingerprint density at radius 1 is 1.16 bits per heavy atom. The maximum Gasteiger partial charge on any atom is 0.154 e. The number of benzene rings is 1. The van der Waals surface area contributed by atoms with Gasteiger partial charge in [-0.1, -0.05) is 30.3 Å². The molecule has 5 nitrogen and oxygen atoms in total. The summed E-state index contributed by atoms with van der Waals surface area (Å²) in [5.74, 6) is -0.0883. The highest BCUT2D eigenvalue weighted by atomic mass is 32.2. The molecule has 1 fully saturated rings. The molecule has 0 saturated carbocycles. The zero-order valence-corrected chi connectivity index (χ0v) is 11.6. The van der Waals surface area contributed by atoms with Crippen LogP contribution >= 0.6 is 0 Å². The number of aliphatic hydroxyl groups excluding tert-OH is 1. The topological polar surface area (TPSA) is 78.4 Å². The zero-order chi connectivity index (χ0) is 13.7. The van der Waals surface area contributed by atoms with Crippen molar-refractivity contribution in [2.45, 2.75) is 18.7 Å². The monoisotopic (exact) mass is 284 g/mol. The lowest BCUT2D eigenvalue weighted by Gasteiger charge is -2.15. The fraction of sp³-hybridized carbons (Fsp3) is 0.538. The van der Waals surface area contributed by atoms with Crippen molar-refractivity contribution in [2.75, 3.05) is 24.6 Å². The first-order chi connectivity index (χ1) is 9.07. The third kappa shape index (κ3) is 4.58. The number of hydrogen-bond acceptors (Lipinski definition) is 5. The molecule has 2 rings (SSSR count). The molecule has 3 N–H and O–H groups in total. The summed E-state index contributed by atoms with van der Waals surface area (Å²) in [6, 6.07) is 9.74. The van der Waals surface area contributed by atoms with Crippen molar-refractivity contribution >= 4 is 9.84 Å². The van der Waals surface area contributed by atoms with E-state index in [-0.39, 0.29) is 17.5 Å². The van der Waals surface area contributed by atoms with Crippen molar-refractivity contribution in [3.63, 3.8) is 0 Å². The summed E-state index contributed by atoms with van der Waals surface area (Å²) in [6.45, 7) is 2.16. The van der Waals surface area contributed by atoms with Gasteiger partial charge in [0.1, 0.15) is 0 Å². The molecular weight excluding hydrogens is 264 g/mol. The van der Waals surface area contributed by atoms with Crippen LogP contribution in [0.15, 0.2) is 30.3 Å². The SMILES string of the molecule is O=S1(=O)C[C@H](O)[C@H](NCCNCc2ccccc2)C1. The lowest BCUT2D eigenvalue weighted by atomic mass is 10.2. The molecule has 0 unspecified atom stereocenters. The average Bonchev–Trinajstić information content (AvgIpc) is 2.63. The van der Waals surface area contributed by atoms with Gasteiger partial charge in [-0.2, -0.15) is 0 Å². The summed E-state index contributed by atoms with van der Waals surface area (Å²) >= 11 is 0. The van der Waals surface area contributed by atoms with Crippen LogP contribution < -0.4 is 10.6 Å². The van der Waals surface area contributed by atoms with Crippen LogP contribution in [-0.2, 0) is 16.4 Å². The van der Waals surface area contributed by atoms with Crippen LogP contribution in [0.25, 0.3) is 0 Å². The Balaban J connectivity index is 1.63. The summed E-state index contributed by atoms with van der Waals surface area (Å²) in [4.78, 5) is 0. The van der Waals surface area contributed by atoms with Crippen molar-refractivity contribution < 1.29 is 13.5 Å². The maximum atomic E-state index is 11.3. The average molecular weight is 284 g/mol. The van der Waals surface area contributed by atoms with Crippen molar-refractivity contribution in [3.8, 4) is 0 Å². The Hall–Kier alpha value is -0.950. The largest absolute Gasteiger partial charge is 0.390 e. The van der Waals surface area contributed by atoms with Crippen LogP contribution in [0.5, 0.6) is 0 Å². The molecule has 0 bridgehead atoms. The lowest BCUT2D eigenvalue weighted by molar-refractivity contribution is 0.166. The van der Waals surface area contributed by atoms with Gasteiger partial charge < -0.3 is 15.7 Å². The van der Waals surface area contributed by atoms with Gasteiger partial charge in [-0.15, -0.1) is 0 Å². The fourth-order valence-electron chi connectivity index (χ4n) is 2.20. The maximum absolute atomic E-state index is 11.3. The summed E-state index contributed by atoms with van der Waals surface area (Å²) in [7, 11) is -3.06. The molecule has 1 aromatic carbocycles. The smallest absolute Gasteiger partial charge is 0.154 e. The normalized spacial score (nSPS) is 25.5. The third-order valence-corrected chi connectivity index (χ3v) is 4.92. The van der Waals surface area contributed by atoms with Crippen molar-refractivity contribution in [3.05, 3.63) is 35.9 Å². The predicted octanol–water partition coefficient (Wildman–Crippen LogP) is -0.476. The van der Waals surface area contributed by atoms with Crippen molar-refractivity contribution in [1.82, 2.24) is 10.6 Å². The lowest BCUT2D eigenvalue weighted by Crippen LogP contribution is -2.42. The first kappa shape index (κ1) is 14.5. The van der Waals surface area contributed by atoms with Crippen LogP contribution in [-0.4, -0.2) is 50.3 Å². The second-order valence-corrected chi connectivity index (χ2v) is 7.02. The van der Waals surface area contributed by atoms with Crippen LogP contribution in [0, 0.1) is 0 Å². The van der Waals surface area contributed by atoms with E-state index in [1.807, 2.05) is 30.3 Å². The van der Waals surface area contributed by atoms with Gasteiger partial charge in [-0.25, -0.2) is 8.42 Å². The molecule has 0 aliphatic carbocycles. The Morgan fingerprint density at radius 3 is 2.53 bits per heavy atom. The molecule has 106 valence electrons. The van der Waals surface area contributed by atoms with Gasteiger partial charge in [-0.3, -0.25) is 0 Å². The molecule has 0 amide bonds. The predicted molar refractivity (Wildman–Crippen MR) is 74.6 cm³/mol. The quantitative estimate of drug-likeness (QED) is 0.615. The van der Waals surface area contributed by atoms with E-state index in [0.29, 0.717) is 6.54 Å². The van der Waals surface area contributed by atoms with E-state index in [2.05, 4.69) is 10.6 Å². The zero-order valence-electron chi connectivity index (χ0n) is 10.7. The summed E-state index contributed by atoms with van der Waals surface area (Å²) < 4.78 is 22.6. The number of sulfone groups is 1. The van der Waals surface area contributed by atoms with Crippen LogP contribution in [0.4, 0.5) is 0 Å².